The number of nitrogens with zero attached hydrogens (tertiary/aromatic N) is 2. The summed E-state index contributed by atoms with van der Waals surface area (Å²) in [5.41, 5.74) is 4.08. The van der Waals surface area contributed by atoms with Crippen molar-refractivity contribution in [1.82, 2.24) is 20.2 Å². The molecule has 4 aromatic rings. The molecule has 168 valence electrons. The number of aryl methyl sites for hydroxylation is 1. The quantitative estimate of drug-likeness (QED) is 0.413. The van der Waals surface area contributed by atoms with Crippen LogP contribution in [0.1, 0.15) is 17.5 Å². The Morgan fingerprint density at radius 3 is 2.59 bits per heavy atom. The van der Waals surface area contributed by atoms with Crippen molar-refractivity contribution in [3.05, 3.63) is 83.9 Å². The van der Waals surface area contributed by atoms with Gasteiger partial charge < -0.3 is 15.6 Å². The van der Waals surface area contributed by atoms with Gasteiger partial charge in [0.25, 0.3) is 5.91 Å². The standard InChI is InChI=1S/C26H21N5O3/c32-22(15-31-24(33)26(30-25(31)34)14-13-16-5-1-2-6-19(16)26)27-18-11-9-17(10-12-18)23-28-20-7-3-4-8-21(20)29-23/h1-12H,13-15H2,(H,27,32)(H,28,29)(H,30,34). The number of hydrogen-bond donors (Lipinski definition) is 3. The Kier molecular flexibility index (Phi) is 4.48. The summed E-state index contributed by atoms with van der Waals surface area (Å²) in [6.45, 7) is -0.347. The molecule has 0 saturated carbocycles. The number of aromatic amines is 1. The van der Waals surface area contributed by atoms with Crippen LogP contribution >= 0.6 is 0 Å². The van der Waals surface area contributed by atoms with Crippen molar-refractivity contribution in [2.75, 3.05) is 11.9 Å². The van der Waals surface area contributed by atoms with Gasteiger partial charge in [-0.25, -0.2) is 9.78 Å². The number of amides is 4. The minimum atomic E-state index is -1.07. The van der Waals surface area contributed by atoms with E-state index in [1.54, 1.807) is 12.1 Å². The molecule has 4 amide bonds. The minimum Gasteiger partial charge on any atom is -0.338 e. The van der Waals surface area contributed by atoms with Crippen LogP contribution in [0.25, 0.3) is 22.4 Å². The Labute approximate surface area is 195 Å². The van der Waals surface area contributed by atoms with Gasteiger partial charge in [0.15, 0.2) is 0 Å². The van der Waals surface area contributed by atoms with E-state index in [-0.39, 0.29) is 12.5 Å². The Morgan fingerprint density at radius 1 is 1.00 bits per heavy atom. The predicted molar refractivity (Wildman–Crippen MR) is 127 cm³/mol. The van der Waals surface area contributed by atoms with E-state index < -0.39 is 17.5 Å². The molecule has 6 rings (SSSR count). The summed E-state index contributed by atoms with van der Waals surface area (Å²) >= 11 is 0. The van der Waals surface area contributed by atoms with E-state index in [2.05, 4.69) is 20.6 Å². The molecule has 1 aromatic heterocycles. The molecular formula is C26H21N5O3. The zero-order valence-corrected chi connectivity index (χ0v) is 18.2. The summed E-state index contributed by atoms with van der Waals surface area (Å²) in [5.74, 6) is -0.0818. The molecule has 1 fully saturated rings. The van der Waals surface area contributed by atoms with Gasteiger partial charge in [-0.05, 0) is 60.4 Å². The van der Waals surface area contributed by atoms with Crippen LogP contribution in [-0.4, -0.2) is 39.3 Å². The molecule has 8 nitrogen and oxygen atoms in total. The average Bonchev–Trinajstić information content (AvgIpc) is 3.51. The summed E-state index contributed by atoms with van der Waals surface area (Å²) in [5, 5.41) is 5.61. The Balaban J connectivity index is 1.15. The van der Waals surface area contributed by atoms with E-state index in [4.69, 9.17) is 0 Å². The number of urea groups is 1. The molecule has 1 aliphatic carbocycles. The molecule has 3 aromatic carbocycles. The first kappa shape index (κ1) is 20.2. The minimum absolute atomic E-state index is 0.347. The molecule has 0 radical (unpaired) electrons. The molecule has 2 heterocycles. The highest BCUT2D eigenvalue weighted by atomic mass is 16.2. The molecule has 8 heteroatoms. The maximum absolute atomic E-state index is 13.2. The van der Waals surface area contributed by atoms with Gasteiger partial charge in [0.1, 0.15) is 17.9 Å². The van der Waals surface area contributed by atoms with Crippen molar-refractivity contribution >= 4 is 34.6 Å². The summed E-state index contributed by atoms with van der Waals surface area (Å²) in [7, 11) is 0. The molecular weight excluding hydrogens is 430 g/mol. The van der Waals surface area contributed by atoms with Crippen LogP contribution in [0.4, 0.5) is 10.5 Å². The normalized spacial score (nSPS) is 19.0. The van der Waals surface area contributed by atoms with E-state index in [1.165, 1.54) is 0 Å². The zero-order valence-electron chi connectivity index (χ0n) is 18.2. The molecule has 1 saturated heterocycles. The van der Waals surface area contributed by atoms with Crippen LogP contribution in [0.15, 0.2) is 72.8 Å². The van der Waals surface area contributed by atoms with Gasteiger partial charge in [0.05, 0.1) is 11.0 Å². The lowest BCUT2D eigenvalue weighted by Gasteiger charge is -2.22. The number of anilines is 1. The third kappa shape index (κ3) is 3.14. The molecule has 1 spiro atoms. The Bertz CT molecular complexity index is 1430. The maximum Gasteiger partial charge on any atom is 0.325 e. The fourth-order valence-corrected chi connectivity index (χ4v) is 4.88. The second kappa shape index (κ2) is 7.55. The number of carbonyl (C=O) groups is 3. The summed E-state index contributed by atoms with van der Waals surface area (Å²) in [4.78, 5) is 47.4. The largest absolute Gasteiger partial charge is 0.338 e. The summed E-state index contributed by atoms with van der Waals surface area (Å²) in [6.07, 6.45) is 1.21. The van der Waals surface area contributed by atoms with E-state index in [9.17, 15) is 14.4 Å². The highest BCUT2D eigenvalue weighted by Gasteiger charge is 2.55. The van der Waals surface area contributed by atoms with Gasteiger partial charge in [-0.15, -0.1) is 0 Å². The van der Waals surface area contributed by atoms with Crippen molar-refractivity contribution in [3.63, 3.8) is 0 Å². The van der Waals surface area contributed by atoms with E-state index in [0.29, 0.717) is 18.5 Å². The Morgan fingerprint density at radius 2 is 1.76 bits per heavy atom. The molecule has 1 aliphatic heterocycles. The second-order valence-corrected chi connectivity index (χ2v) is 8.61. The maximum atomic E-state index is 13.2. The zero-order chi connectivity index (χ0) is 23.3. The van der Waals surface area contributed by atoms with Gasteiger partial charge in [0, 0.05) is 11.3 Å². The number of para-hydroxylation sites is 2. The lowest BCUT2D eigenvalue weighted by molar-refractivity contribution is -0.134. The van der Waals surface area contributed by atoms with Gasteiger partial charge in [-0.2, -0.15) is 0 Å². The van der Waals surface area contributed by atoms with Crippen LogP contribution in [0.3, 0.4) is 0 Å². The molecule has 0 bridgehead atoms. The summed E-state index contributed by atoms with van der Waals surface area (Å²) in [6, 6.07) is 22.1. The fourth-order valence-electron chi connectivity index (χ4n) is 4.88. The number of benzene rings is 3. The number of carbonyl (C=O) groups excluding carboxylic acids is 3. The van der Waals surface area contributed by atoms with Crippen LogP contribution in [0, 0.1) is 0 Å². The molecule has 34 heavy (non-hydrogen) atoms. The Hall–Kier alpha value is -4.46. The van der Waals surface area contributed by atoms with E-state index >= 15 is 0 Å². The molecule has 2 aliphatic rings. The van der Waals surface area contributed by atoms with Gasteiger partial charge in [0.2, 0.25) is 5.91 Å². The van der Waals surface area contributed by atoms with Gasteiger partial charge in [-0.1, -0.05) is 36.4 Å². The summed E-state index contributed by atoms with van der Waals surface area (Å²) < 4.78 is 0. The number of fused-ring (bicyclic) bond motifs is 3. The average molecular weight is 451 g/mol. The van der Waals surface area contributed by atoms with Crippen molar-refractivity contribution in [1.29, 1.82) is 0 Å². The first-order valence-electron chi connectivity index (χ1n) is 11.1. The first-order chi connectivity index (χ1) is 16.5. The lowest BCUT2D eigenvalue weighted by Crippen LogP contribution is -2.42. The fraction of sp³-hybridized carbons (Fsp3) is 0.154. The number of H-pyrrole nitrogens is 1. The molecule has 1 unspecified atom stereocenters. The van der Waals surface area contributed by atoms with Crippen molar-refractivity contribution in [2.24, 2.45) is 0 Å². The third-order valence-corrected chi connectivity index (χ3v) is 6.56. The van der Waals surface area contributed by atoms with Crippen LogP contribution in [0.5, 0.6) is 0 Å². The van der Waals surface area contributed by atoms with Crippen molar-refractivity contribution in [2.45, 2.75) is 18.4 Å². The van der Waals surface area contributed by atoms with Crippen LogP contribution < -0.4 is 10.6 Å². The number of nitrogens with one attached hydrogen (secondary N) is 3. The van der Waals surface area contributed by atoms with E-state index in [1.807, 2.05) is 60.7 Å². The number of imidazole rings is 1. The predicted octanol–water partition coefficient (Wildman–Crippen LogP) is 3.56. The lowest BCUT2D eigenvalue weighted by atomic mass is 9.92. The number of rotatable bonds is 4. The van der Waals surface area contributed by atoms with Crippen LogP contribution in [0.2, 0.25) is 0 Å². The number of aromatic nitrogens is 2. The van der Waals surface area contributed by atoms with Gasteiger partial charge >= 0.3 is 6.03 Å². The van der Waals surface area contributed by atoms with Gasteiger partial charge in [-0.3, -0.25) is 14.5 Å². The highest BCUT2D eigenvalue weighted by Crippen LogP contribution is 2.41. The first-order valence-corrected chi connectivity index (χ1v) is 11.1. The highest BCUT2D eigenvalue weighted by molar-refractivity contribution is 6.11. The van der Waals surface area contributed by atoms with E-state index in [0.717, 1.165) is 38.4 Å². The topological polar surface area (TPSA) is 107 Å². The second-order valence-electron chi connectivity index (χ2n) is 8.61. The smallest absolute Gasteiger partial charge is 0.325 e. The van der Waals surface area contributed by atoms with Crippen LogP contribution in [-0.2, 0) is 21.5 Å². The van der Waals surface area contributed by atoms with Crippen molar-refractivity contribution in [3.8, 4) is 11.4 Å². The number of hydrogen-bond acceptors (Lipinski definition) is 4. The number of imide groups is 1. The molecule has 3 N–H and O–H groups in total. The SMILES string of the molecule is O=C(CN1C(=O)NC2(CCc3ccccc32)C1=O)Nc1ccc(-c2nc3ccccc3[nH]2)cc1. The molecule has 1 atom stereocenters. The van der Waals surface area contributed by atoms with Crippen molar-refractivity contribution < 1.29 is 14.4 Å². The monoisotopic (exact) mass is 451 g/mol. The third-order valence-electron chi connectivity index (χ3n) is 6.56.